The van der Waals surface area contributed by atoms with E-state index in [-0.39, 0.29) is 6.54 Å². The highest BCUT2D eigenvalue weighted by Crippen LogP contribution is 2.34. The van der Waals surface area contributed by atoms with Crippen molar-refractivity contribution in [3.63, 3.8) is 0 Å². The smallest absolute Gasteiger partial charge is 0.317 e. The quantitative estimate of drug-likeness (QED) is 0.645. The van der Waals surface area contributed by atoms with Crippen molar-refractivity contribution in [3.05, 3.63) is 42.1 Å². The molecule has 1 aromatic carbocycles. The molecule has 2 aliphatic rings. The molecule has 0 amide bonds. The number of hydrogen-bond donors (Lipinski definition) is 3. The van der Waals surface area contributed by atoms with E-state index in [0.29, 0.717) is 12.1 Å². The molecule has 0 spiro atoms. The first-order valence-corrected chi connectivity index (χ1v) is 9.46. The van der Waals surface area contributed by atoms with Crippen LogP contribution in [0.2, 0.25) is 0 Å². The van der Waals surface area contributed by atoms with Crippen molar-refractivity contribution in [2.75, 3.05) is 13.1 Å². The van der Waals surface area contributed by atoms with Gasteiger partial charge in [0.25, 0.3) is 0 Å². The molecule has 6 nitrogen and oxygen atoms in total. The minimum Gasteiger partial charge on any atom is -0.480 e. The molecule has 2 aliphatic carbocycles. The summed E-state index contributed by atoms with van der Waals surface area (Å²) in [6, 6.07) is 11.1. The fraction of sp³-hybridized carbons (Fsp3) is 0.500. The number of carbonyl (C=O) groups is 1. The van der Waals surface area contributed by atoms with E-state index in [1.54, 1.807) is 0 Å². The second-order valence-electron chi connectivity index (χ2n) is 7.61. The Morgan fingerprint density at radius 3 is 2.73 bits per heavy atom. The Balaban J connectivity index is 1.28. The minimum absolute atomic E-state index is 0.174. The molecular weight excluding hydrogens is 328 g/mol. The van der Waals surface area contributed by atoms with E-state index in [1.165, 1.54) is 18.4 Å². The monoisotopic (exact) mass is 354 g/mol. The summed E-state index contributed by atoms with van der Waals surface area (Å²) < 4.78 is 0. The van der Waals surface area contributed by atoms with Crippen LogP contribution >= 0.6 is 0 Å². The summed E-state index contributed by atoms with van der Waals surface area (Å²) in [5.74, 6) is 0.00804. The van der Waals surface area contributed by atoms with Crippen molar-refractivity contribution >= 4 is 5.97 Å². The molecule has 0 atom stereocenters. The van der Waals surface area contributed by atoms with Crippen LogP contribution in [0.3, 0.4) is 0 Å². The largest absolute Gasteiger partial charge is 0.480 e. The lowest BCUT2D eigenvalue weighted by atomic mass is 9.85. The highest BCUT2D eigenvalue weighted by atomic mass is 16.4. The van der Waals surface area contributed by atoms with Crippen molar-refractivity contribution in [3.8, 4) is 11.3 Å². The van der Waals surface area contributed by atoms with Crippen LogP contribution in [-0.4, -0.2) is 51.3 Å². The highest BCUT2D eigenvalue weighted by Gasteiger charge is 2.36. The Labute approximate surface area is 153 Å². The van der Waals surface area contributed by atoms with E-state index in [1.807, 2.05) is 24.4 Å². The lowest BCUT2D eigenvalue weighted by molar-refractivity contribution is -0.139. The van der Waals surface area contributed by atoms with Crippen LogP contribution in [0.15, 0.2) is 36.5 Å². The molecule has 6 heteroatoms. The first-order chi connectivity index (χ1) is 12.7. The van der Waals surface area contributed by atoms with Gasteiger partial charge in [0.1, 0.15) is 0 Å². The lowest BCUT2D eigenvalue weighted by Gasteiger charge is -2.43. The van der Waals surface area contributed by atoms with Gasteiger partial charge in [0.2, 0.25) is 0 Å². The van der Waals surface area contributed by atoms with Crippen LogP contribution in [0, 0.1) is 5.92 Å². The van der Waals surface area contributed by atoms with Gasteiger partial charge in [-0.2, -0.15) is 5.10 Å². The van der Waals surface area contributed by atoms with Crippen LogP contribution in [0.1, 0.15) is 31.2 Å². The van der Waals surface area contributed by atoms with E-state index in [0.717, 1.165) is 43.1 Å². The normalized spacial score (nSPS) is 22.3. The van der Waals surface area contributed by atoms with E-state index in [9.17, 15) is 4.79 Å². The van der Waals surface area contributed by atoms with Gasteiger partial charge in [-0.15, -0.1) is 0 Å². The van der Waals surface area contributed by atoms with Gasteiger partial charge in [-0.25, -0.2) is 0 Å². The van der Waals surface area contributed by atoms with Gasteiger partial charge in [-0.1, -0.05) is 30.3 Å². The first kappa shape index (κ1) is 17.2. The molecule has 0 radical (unpaired) electrons. The molecule has 1 heterocycles. The number of aromatic amines is 1. The fourth-order valence-corrected chi connectivity index (χ4v) is 3.76. The molecule has 2 saturated carbocycles. The van der Waals surface area contributed by atoms with Crippen molar-refractivity contribution in [1.82, 2.24) is 20.4 Å². The number of aliphatic carboxylic acids is 1. The van der Waals surface area contributed by atoms with Crippen LogP contribution in [0.4, 0.5) is 0 Å². The second-order valence-corrected chi connectivity index (χ2v) is 7.61. The molecule has 26 heavy (non-hydrogen) atoms. The number of nitrogens with zero attached hydrogens (tertiary/aromatic N) is 2. The van der Waals surface area contributed by atoms with Gasteiger partial charge in [0, 0.05) is 30.7 Å². The number of carboxylic acid groups (broad SMARTS) is 1. The third-order valence-corrected chi connectivity index (χ3v) is 5.52. The predicted molar refractivity (Wildman–Crippen MR) is 99.6 cm³/mol. The van der Waals surface area contributed by atoms with Gasteiger partial charge < -0.3 is 10.4 Å². The summed E-state index contributed by atoms with van der Waals surface area (Å²) >= 11 is 0. The third kappa shape index (κ3) is 4.14. The van der Waals surface area contributed by atoms with Gasteiger partial charge >= 0.3 is 5.97 Å². The zero-order valence-electron chi connectivity index (χ0n) is 14.9. The zero-order valence-corrected chi connectivity index (χ0v) is 14.9. The SMILES string of the molecule is O=C(O)CN(CC1CC1)C1CC(NCc2cn[nH]c2-c2ccccc2)C1. The van der Waals surface area contributed by atoms with Crippen LogP contribution in [-0.2, 0) is 11.3 Å². The number of hydrogen-bond acceptors (Lipinski definition) is 4. The second kappa shape index (κ2) is 7.60. The number of rotatable bonds is 9. The van der Waals surface area contributed by atoms with Crippen molar-refractivity contribution < 1.29 is 9.90 Å². The van der Waals surface area contributed by atoms with Crippen molar-refractivity contribution in [2.24, 2.45) is 5.92 Å². The Morgan fingerprint density at radius 1 is 1.27 bits per heavy atom. The molecule has 0 unspecified atom stereocenters. The Kier molecular flexibility index (Phi) is 5.04. The molecular formula is C20H26N4O2. The lowest BCUT2D eigenvalue weighted by Crippen LogP contribution is -2.54. The molecule has 2 fully saturated rings. The molecule has 1 aromatic heterocycles. The maximum absolute atomic E-state index is 11.1. The molecule has 0 aliphatic heterocycles. The van der Waals surface area contributed by atoms with Gasteiger partial charge in [0.15, 0.2) is 0 Å². The number of nitrogens with one attached hydrogen (secondary N) is 2. The molecule has 3 N–H and O–H groups in total. The van der Waals surface area contributed by atoms with Crippen LogP contribution in [0.5, 0.6) is 0 Å². The van der Waals surface area contributed by atoms with E-state index in [2.05, 4.69) is 32.5 Å². The average molecular weight is 354 g/mol. The highest BCUT2D eigenvalue weighted by molar-refractivity contribution is 5.69. The molecule has 0 saturated heterocycles. The Bertz CT molecular complexity index is 735. The van der Waals surface area contributed by atoms with Gasteiger partial charge in [-0.3, -0.25) is 14.8 Å². The number of benzene rings is 1. The van der Waals surface area contributed by atoms with E-state index < -0.39 is 5.97 Å². The van der Waals surface area contributed by atoms with Gasteiger partial charge in [-0.05, 0) is 37.2 Å². The molecule has 2 aromatic rings. The predicted octanol–water partition coefficient (Wildman–Crippen LogP) is 2.49. The minimum atomic E-state index is -0.715. The Hall–Kier alpha value is -2.18. The standard InChI is InChI=1S/C20H26N4O2/c25-19(26)13-24(12-14-6-7-14)18-8-17(9-18)21-10-16-11-22-23-20(16)15-4-2-1-3-5-15/h1-5,11,14,17-18,21H,6-10,12-13H2,(H,22,23)(H,25,26). The van der Waals surface area contributed by atoms with Crippen molar-refractivity contribution in [2.45, 2.75) is 44.3 Å². The van der Waals surface area contributed by atoms with Crippen LogP contribution < -0.4 is 5.32 Å². The molecule has 0 bridgehead atoms. The summed E-state index contributed by atoms with van der Waals surface area (Å²) in [4.78, 5) is 13.3. The fourth-order valence-electron chi connectivity index (χ4n) is 3.76. The van der Waals surface area contributed by atoms with Gasteiger partial charge in [0.05, 0.1) is 18.4 Å². The summed E-state index contributed by atoms with van der Waals surface area (Å²) in [6.45, 7) is 1.90. The summed E-state index contributed by atoms with van der Waals surface area (Å²) in [5.41, 5.74) is 3.38. The number of H-pyrrole nitrogens is 1. The summed E-state index contributed by atoms with van der Waals surface area (Å²) in [7, 11) is 0. The van der Waals surface area contributed by atoms with E-state index >= 15 is 0 Å². The van der Waals surface area contributed by atoms with Crippen molar-refractivity contribution in [1.29, 1.82) is 0 Å². The summed E-state index contributed by atoms with van der Waals surface area (Å²) in [5, 5.41) is 20.0. The number of carboxylic acids is 1. The topological polar surface area (TPSA) is 81.2 Å². The maximum atomic E-state index is 11.1. The first-order valence-electron chi connectivity index (χ1n) is 9.46. The molecule has 138 valence electrons. The molecule has 4 rings (SSSR count). The van der Waals surface area contributed by atoms with Crippen LogP contribution in [0.25, 0.3) is 11.3 Å². The third-order valence-electron chi connectivity index (χ3n) is 5.52. The maximum Gasteiger partial charge on any atom is 0.317 e. The Morgan fingerprint density at radius 2 is 2.04 bits per heavy atom. The van der Waals surface area contributed by atoms with E-state index in [4.69, 9.17) is 5.11 Å². The average Bonchev–Trinajstić information content (AvgIpc) is 3.28. The number of aromatic nitrogens is 2. The summed E-state index contributed by atoms with van der Waals surface area (Å²) in [6.07, 6.45) is 6.45. The zero-order chi connectivity index (χ0) is 17.9.